The maximum absolute atomic E-state index is 11.4. The minimum Gasteiger partial charge on any atom is -0.497 e. The molecule has 0 fully saturated rings. The Morgan fingerprint density at radius 1 is 1.20 bits per heavy atom. The highest BCUT2D eigenvalue weighted by Gasteiger charge is 2.20. The van der Waals surface area contributed by atoms with Crippen molar-refractivity contribution < 1.29 is 4.74 Å². The van der Waals surface area contributed by atoms with Gasteiger partial charge in [-0.1, -0.05) is 0 Å². The van der Waals surface area contributed by atoms with Gasteiger partial charge in [-0.05, 0) is 55.2 Å². The fourth-order valence-corrected chi connectivity index (χ4v) is 2.74. The molecule has 1 aromatic heterocycles. The van der Waals surface area contributed by atoms with Gasteiger partial charge >= 0.3 is 0 Å². The number of hydrogen-bond acceptors (Lipinski definition) is 3. The first-order valence-corrected chi connectivity index (χ1v) is 6.89. The Morgan fingerprint density at radius 3 is 2.75 bits per heavy atom. The summed E-state index contributed by atoms with van der Waals surface area (Å²) in [5.41, 5.74) is 3.31. The average Bonchev–Trinajstić information content (AvgIpc) is 2.48. The maximum Gasteiger partial charge on any atom is 0.248 e. The summed E-state index contributed by atoms with van der Waals surface area (Å²) in [5.74, 6) is 0.851. The quantitative estimate of drug-likeness (QED) is 0.901. The zero-order valence-electron chi connectivity index (χ0n) is 11.5. The zero-order valence-corrected chi connectivity index (χ0v) is 11.5. The number of hydrogen-bond donors (Lipinski definition) is 2. The van der Waals surface area contributed by atoms with Crippen molar-refractivity contribution >= 4 is 5.69 Å². The number of H-pyrrole nitrogens is 1. The third-order valence-electron chi connectivity index (χ3n) is 3.76. The number of aromatic amines is 1. The van der Waals surface area contributed by atoms with Gasteiger partial charge in [-0.2, -0.15) is 0 Å². The Bertz CT molecular complexity index is 646. The van der Waals surface area contributed by atoms with Crippen LogP contribution in [-0.4, -0.2) is 12.1 Å². The van der Waals surface area contributed by atoms with Crippen LogP contribution in [0.1, 0.15) is 30.1 Å². The number of methoxy groups -OCH3 is 1. The van der Waals surface area contributed by atoms with Crippen LogP contribution in [0.15, 0.2) is 41.2 Å². The molecule has 4 nitrogen and oxygen atoms in total. The van der Waals surface area contributed by atoms with E-state index in [9.17, 15) is 4.79 Å². The van der Waals surface area contributed by atoms with Gasteiger partial charge in [-0.3, -0.25) is 4.79 Å². The third kappa shape index (κ3) is 2.54. The number of ether oxygens (including phenoxy) is 1. The van der Waals surface area contributed by atoms with Crippen molar-refractivity contribution in [2.75, 3.05) is 12.4 Å². The molecule has 3 rings (SSSR count). The number of benzene rings is 1. The molecule has 0 saturated heterocycles. The minimum atomic E-state index is -0.0196. The molecule has 1 atom stereocenters. The highest BCUT2D eigenvalue weighted by molar-refractivity contribution is 5.49. The van der Waals surface area contributed by atoms with Crippen LogP contribution in [0.3, 0.4) is 0 Å². The van der Waals surface area contributed by atoms with Crippen molar-refractivity contribution in [3.05, 3.63) is 58.0 Å². The average molecular weight is 270 g/mol. The molecule has 1 aliphatic carbocycles. The Kier molecular flexibility index (Phi) is 3.46. The second kappa shape index (κ2) is 5.41. The lowest BCUT2D eigenvalue weighted by molar-refractivity contribution is 0.415. The first-order valence-electron chi connectivity index (χ1n) is 6.89. The first kappa shape index (κ1) is 12.8. The van der Waals surface area contributed by atoms with Crippen molar-refractivity contribution in [3.63, 3.8) is 0 Å². The smallest absolute Gasteiger partial charge is 0.248 e. The van der Waals surface area contributed by atoms with Crippen LogP contribution in [0, 0.1) is 0 Å². The van der Waals surface area contributed by atoms with E-state index >= 15 is 0 Å². The van der Waals surface area contributed by atoms with E-state index in [1.165, 1.54) is 5.56 Å². The fraction of sp³-hybridized carbons (Fsp3) is 0.312. The van der Waals surface area contributed by atoms with Gasteiger partial charge < -0.3 is 15.0 Å². The fourth-order valence-electron chi connectivity index (χ4n) is 2.74. The van der Waals surface area contributed by atoms with Gasteiger partial charge in [0.25, 0.3) is 0 Å². The molecule has 1 unspecified atom stereocenters. The molecule has 4 heteroatoms. The Labute approximate surface area is 117 Å². The molecular weight excluding hydrogens is 252 g/mol. The van der Waals surface area contributed by atoms with Crippen LogP contribution in [0.25, 0.3) is 0 Å². The van der Waals surface area contributed by atoms with Crippen molar-refractivity contribution in [2.45, 2.75) is 25.3 Å². The SMILES string of the molecule is COc1ccc(NC2CCCc3[nH]c(=O)ccc32)cc1. The molecule has 20 heavy (non-hydrogen) atoms. The van der Waals surface area contributed by atoms with E-state index in [1.807, 2.05) is 30.3 Å². The number of anilines is 1. The monoisotopic (exact) mass is 270 g/mol. The summed E-state index contributed by atoms with van der Waals surface area (Å²) in [5, 5.41) is 3.53. The second-order valence-electron chi connectivity index (χ2n) is 5.07. The standard InChI is InChI=1S/C16H18N2O2/c1-20-12-7-5-11(6-8-12)17-14-3-2-4-15-13(14)9-10-16(19)18-15/h5-10,14,17H,2-4H2,1H3,(H,18,19). The lowest BCUT2D eigenvalue weighted by Crippen LogP contribution is -2.21. The minimum absolute atomic E-state index is 0.0196. The summed E-state index contributed by atoms with van der Waals surface area (Å²) in [6.07, 6.45) is 3.11. The van der Waals surface area contributed by atoms with Gasteiger partial charge in [0, 0.05) is 17.4 Å². The summed E-state index contributed by atoms with van der Waals surface area (Å²) in [7, 11) is 1.66. The van der Waals surface area contributed by atoms with E-state index in [0.29, 0.717) is 0 Å². The van der Waals surface area contributed by atoms with Gasteiger partial charge in [0.2, 0.25) is 5.56 Å². The van der Waals surface area contributed by atoms with Crippen molar-refractivity contribution in [2.24, 2.45) is 0 Å². The van der Waals surface area contributed by atoms with Gasteiger partial charge in [0.15, 0.2) is 0 Å². The molecule has 1 heterocycles. The van der Waals surface area contributed by atoms with Crippen LogP contribution in [0.5, 0.6) is 5.75 Å². The molecule has 2 aromatic rings. The summed E-state index contributed by atoms with van der Waals surface area (Å²) >= 11 is 0. The Balaban J connectivity index is 1.83. The third-order valence-corrected chi connectivity index (χ3v) is 3.76. The van der Waals surface area contributed by atoms with E-state index in [4.69, 9.17) is 4.74 Å². The van der Waals surface area contributed by atoms with E-state index < -0.39 is 0 Å². The number of fused-ring (bicyclic) bond motifs is 1. The largest absolute Gasteiger partial charge is 0.497 e. The van der Waals surface area contributed by atoms with Crippen molar-refractivity contribution in [1.82, 2.24) is 4.98 Å². The van der Waals surface area contributed by atoms with Gasteiger partial charge in [0.05, 0.1) is 13.2 Å². The van der Waals surface area contributed by atoms with Crippen molar-refractivity contribution in [3.8, 4) is 5.75 Å². The Hall–Kier alpha value is -2.23. The molecule has 1 aliphatic rings. The van der Waals surface area contributed by atoms with E-state index in [0.717, 1.165) is 36.4 Å². The Morgan fingerprint density at radius 2 is 2.00 bits per heavy atom. The first-order chi connectivity index (χ1) is 9.76. The van der Waals surface area contributed by atoms with Crippen LogP contribution in [0.4, 0.5) is 5.69 Å². The van der Waals surface area contributed by atoms with E-state index in [-0.39, 0.29) is 11.6 Å². The van der Waals surface area contributed by atoms with Crippen LogP contribution in [0.2, 0.25) is 0 Å². The summed E-state index contributed by atoms with van der Waals surface area (Å²) < 4.78 is 5.16. The second-order valence-corrected chi connectivity index (χ2v) is 5.07. The van der Waals surface area contributed by atoms with Gasteiger partial charge in [-0.15, -0.1) is 0 Å². The van der Waals surface area contributed by atoms with Crippen LogP contribution < -0.4 is 15.6 Å². The number of rotatable bonds is 3. The number of aryl methyl sites for hydroxylation is 1. The lowest BCUT2D eigenvalue weighted by Gasteiger charge is -2.26. The summed E-state index contributed by atoms with van der Waals surface area (Å²) in [4.78, 5) is 14.3. The van der Waals surface area contributed by atoms with Gasteiger partial charge in [0.1, 0.15) is 5.75 Å². The summed E-state index contributed by atoms with van der Waals surface area (Å²) in [6, 6.07) is 11.7. The van der Waals surface area contributed by atoms with E-state index in [1.54, 1.807) is 13.2 Å². The molecular formula is C16H18N2O2. The molecule has 0 spiro atoms. The normalized spacial score (nSPS) is 17.4. The highest BCUT2D eigenvalue weighted by Crippen LogP contribution is 2.31. The molecule has 2 N–H and O–H groups in total. The number of aromatic nitrogens is 1. The molecule has 0 radical (unpaired) electrons. The maximum atomic E-state index is 11.4. The molecule has 0 aliphatic heterocycles. The number of nitrogens with one attached hydrogen (secondary N) is 2. The van der Waals surface area contributed by atoms with Gasteiger partial charge in [-0.25, -0.2) is 0 Å². The molecule has 0 bridgehead atoms. The predicted molar refractivity (Wildman–Crippen MR) is 79.4 cm³/mol. The molecule has 1 aromatic carbocycles. The van der Waals surface area contributed by atoms with E-state index in [2.05, 4.69) is 10.3 Å². The highest BCUT2D eigenvalue weighted by atomic mass is 16.5. The van der Waals surface area contributed by atoms with Crippen LogP contribution >= 0.6 is 0 Å². The molecule has 104 valence electrons. The topological polar surface area (TPSA) is 54.1 Å². The molecule has 0 amide bonds. The predicted octanol–water partition coefficient (Wildman–Crippen LogP) is 2.87. The molecule has 0 saturated carbocycles. The zero-order chi connectivity index (χ0) is 13.9. The lowest BCUT2D eigenvalue weighted by atomic mass is 9.91. The number of pyridine rings is 1. The van der Waals surface area contributed by atoms with Crippen LogP contribution in [-0.2, 0) is 6.42 Å². The summed E-state index contributed by atoms with van der Waals surface area (Å²) in [6.45, 7) is 0. The van der Waals surface area contributed by atoms with Crippen molar-refractivity contribution in [1.29, 1.82) is 0 Å².